The maximum absolute atomic E-state index is 12.9. The summed E-state index contributed by atoms with van der Waals surface area (Å²) in [6.07, 6.45) is 0. The lowest BCUT2D eigenvalue weighted by atomic mass is 10.2. The molecule has 18 heavy (non-hydrogen) atoms. The minimum Gasteiger partial charge on any atom is -0.451 e. The molecule has 2 rings (SSSR count). The Kier molecular flexibility index (Phi) is 3.29. The molecule has 0 unspecified atom stereocenters. The molecule has 1 aromatic carbocycles. The Labute approximate surface area is 102 Å². The SMILES string of the molecule is NCC(F)(F)CNC(=O)c1cc2ccccc2o1. The predicted molar refractivity (Wildman–Crippen MR) is 62.5 cm³/mol. The Morgan fingerprint density at radius 3 is 2.78 bits per heavy atom. The first kappa shape index (κ1) is 12.5. The van der Waals surface area contributed by atoms with Gasteiger partial charge in [0.25, 0.3) is 11.8 Å². The van der Waals surface area contributed by atoms with Crippen molar-refractivity contribution in [2.24, 2.45) is 5.73 Å². The number of para-hydroxylation sites is 1. The highest BCUT2D eigenvalue weighted by Crippen LogP contribution is 2.18. The van der Waals surface area contributed by atoms with Crippen LogP contribution in [0.15, 0.2) is 34.7 Å². The van der Waals surface area contributed by atoms with Crippen molar-refractivity contribution in [3.8, 4) is 0 Å². The van der Waals surface area contributed by atoms with Gasteiger partial charge in [-0.15, -0.1) is 0 Å². The van der Waals surface area contributed by atoms with E-state index in [-0.39, 0.29) is 5.76 Å². The van der Waals surface area contributed by atoms with Crippen molar-refractivity contribution < 1.29 is 18.0 Å². The van der Waals surface area contributed by atoms with Crippen LogP contribution < -0.4 is 11.1 Å². The van der Waals surface area contributed by atoms with Crippen LogP contribution in [0.5, 0.6) is 0 Å². The van der Waals surface area contributed by atoms with Gasteiger partial charge >= 0.3 is 0 Å². The van der Waals surface area contributed by atoms with E-state index in [1.807, 2.05) is 0 Å². The Morgan fingerprint density at radius 1 is 1.39 bits per heavy atom. The molecule has 0 radical (unpaired) electrons. The molecular formula is C12H12F2N2O2. The average Bonchev–Trinajstić information content (AvgIpc) is 2.80. The summed E-state index contributed by atoms with van der Waals surface area (Å²) < 4.78 is 31.0. The van der Waals surface area contributed by atoms with E-state index in [4.69, 9.17) is 10.2 Å². The van der Waals surface area contributed by atoms with Gasteiger partial charge in [-0.2, -0.15) is 0 Å². The van der Waals surface area contributed by atoms with Gasteiger partial charge in [-0.1, -0.05) is 18.2 Å². The zero-order chi connectivity index (χ0) is 13.2. The molecule has 0 aliphatic rings. The first-order valence-corrected chi connectivity index (χ1v) is 5.36. The first-order chi connectivity index (χ1) is 8.52. The van der Waals surface area contributed by atoms with Gasteiger partial charge in [0.05, 0.1) is 13.1 Å². The molecule has 3 N–H and O–H groups in total. The first-order valence-electron chi connectivity index (χ1n) is 5.36. The number of hydrogen-bond acceptors (Lipinski definition) is 3. The van der Waals surface area contributed by atoms with Crippen LogP contribution in [0.25, 0.3) is 11.0 Å². The maximum Gasteiger partial charge on any atom is 0.287 e. The van der Waals surface area contributed by atoms with Gasteiger partial charge in [-0.25, -0.2) is 8.78 Å². The summed E-state index contributed by atoms with van der Waals surface area (Å²) >= 11 is 0. The second-order valence-corrected chi connectivity index (χ2v) is 3.89. The summed E-state index contributed by atoms with van der Waals surface area (Å²) in [4.78, 5) is 11.6. The number of nitrogens with one attached hydrogen (secondary N) is 1. The van der Waals surface area contributed by atoms with E-state index >= 15 is 0 Å². The normalized spacial score (nSPS) is 11.7. The molecule has 1 aromatic heterocycles. The number of carbonyl (C=O) groups is 1. The van der Waals surface area contributed by atoms with Crippen LogP contribution in [0.3, 0.4) is 0 Å². The molecule has 1 heterocycles. The molecule has 0 saturated carbocycles. The lowest BCUT2D eigenvalue weighted by Crippen LogP contribution is -2.41. The molecule has 0 fully saturated rings. The smallest absolute Gasteiger partial charge is 0.287 e. The topological polar surface area (TPSA) is 68.3 Å². The van der Waals surface area contributed by atoms with E-state index < -0.39 is 24.9 Å². The van der Waals surface area contributed by atoms with E-state index in [1.165, 1.54) is 6.07 Å². The number of halogens is 2. The zero-order valence-electron chi connectivity index (χ0n) is 9.45. The number of benzene rings is 1. The van der Waals surface area contributed by atoms with Crippen LogP contribution in [-0.4, -0.2) is 24.9 Å². The van der Waals surface area contributed by atoms with Crippen LogP contribution >= 0.6 is 0 Å². The molecule has 0 spiro atoms. The minimum absolute atomic E-state index is 0.00372. The predicted octanol–water partition coefficient (Wildman–Crippen LogP) is 1.76. The maximum atomic E-state index is 12.9. The molecule has 96 valence electrons. The molecule has 0 atom stereocenters. The lowest BCUT2D eigenvalue weighted by molar-refractivity contribution is 0.0116. The summed E-state index contributed by atoms with van der Waals surface area (Å²) in [6.45, 7) is -1.62. The fourth-order valence-electron chi connectivity index (χ4n) is 1.46. The monoisotopic (exact) mass is 254 g/mol. The second kappa shape index (κ2) is 4.73. The fourth-order valence-corrected chi connectivity index (χ4v) is 1.46. The molecule has 6 heteroatoms. The Balaban J connectivity index is 2.09. The van der Waals surface area contributed by atoms with E-state index in [2.05, 4.69) is 5.32 Å². The molecule has 2 aromatic rings. The van der Waals surface area contributed by atoms with Gasteiger partial charge in [0.15, 0.2) is 5.76 Å². The lowest BCUT2D eigenvalue weighted by Gasteiger charge is -2.13. The Hall–Kier alpha value is -1.95. The average molecular weight is 254 g/mol. The van der Waals surface area contributed by atoms with Crippen LogP contribution in [0, 0.1) is 0 Å². The van der Waals surface area contributed by atoms with Gasteiger partial charge in [-0.3, -0.25) is 4.79 Å². The van der Waals surface area contributed by atoms with Crippen LogP contribution in [0.2, 0.25) is 0 Å². The van der Waals surface area contributed by atoms with Crippen molar-refractivity contribution in [3.05, 3.63) is 36.1 Å². The van der Waals surface area contributed by atoms with Crippen molar-refractivity contribution in [2.45, 2.75) is 5.92 Å². The van der Waals surface area contributed by atoms with Gasteiger partial charge in [-0.05, 0) is 12.1 Å². The van der Waals surface area contributed by atoms with Crippen molar-refractivity contribution in [1.82, 2.24) is 5.32 Å². The molecule has 1 amide bonds. The van der Waals surface area contributed by atoms with Crippen molar-refractivity contribution >= 4 is 16.9 Å². The third-order valence-corrected chi connectivity index (χ3v) is 2.46. The van der Waals surface area contributed by atoms with Gasteiger partial charge in [0.1, 0.15) is 5.58 Å². The van der Waals surface area contributed by atoms with E-state index in [9.17, 15) is 13.6 Å². The summed E-state index contributed by atoms with van der Waals surface area (Å²) in [5.41, 5.74) is 5.40. The van der Waals surface area contributed by atoms with Crippen LogP contribution in [-0.2, 0) is 0 Å². The molecule has 0 aliphatic carbocycles. The molecular weight excluding hydrogens is 242 g/mol. The summed E-state index contributed by atoms with van der Waals surface area (Å²) in [6, 6.07) is 8.52. The number of nitrogens with two attached hydrogens (primary N) is 1. The molecule has 0 aliphatic heterocycles. The number of alkyl halides is 2. The third-order valence-electron chi connectivity index (χ3n) is 2.46. The Bertz CT molecular complexity index is 533. The van der Waals surface area contributed by atoms with Crippen LogP contribution in [0.1, 0.15) is 10.6 Å². The van der Waals surface area contributed by atoms with Crippen molar-refractivity contribution in [1.29, 1.82) is 0 Å². The standard InChI is InChI=1S/C12H12F2N2O2/c13-12(14,6-15)7-16-11(17)10-5-8-3-1-2-4-9(8)18-10/h1-5H,6-7,15H2,(H,16,17). The molecule has 0 saturated heterocycles. The Morgan fingerprint density at radius 2 is 2.11 bits per heavy atom. The highest BCUT2D eigenvalue weighted by molar-refractivity contribution is 5.96. The van der Waals surface area contributed by atoms with Gasteiger partial charge in [0, 0.05) is 5.39 Å². The van der Waals surface area contributed by atoms with E-state index in [0.717, 1.165) is 5.39 Å². The number of rotatable bonds is 4. The summed E-state index contributed by atoms with van der Waals surface area (Å²) in [5, 5.41) is 2.83. The van der Waals surface area contributed by atoms with Crippen LogP contribution in [0.4, 0.5) is 8.78 Å². The quantitative estimate of drug-likeness (QED) is 0.873. The summed E-state index contributed by atoms with van der Waals surface area (Å²) in [5.74, 6) is -3.79. The number of furan rings is 1. The van der Waals surface area contributed by atoms with E-state index in [0.29, 0.717) is 5.58 Å². The highest BCUT2D eigenvalue weighted by atomic mass is 19.3. The largest absolute Gasteiger partial charge is 0.451 e. The molecule has 0 bridgehead atoms. The number of hydrogen-bond donors (Lipinski definition) is 2. The summed E-state index contributed by atoms with van der Waals surface area (Å²) in [7, 11) is 0. The number of carbonyl (C=O) groups excluding carboxylic acids is 1. The third kappa shape index (κ3) is 2.65. The number of amides is 1. The minimum atomic E-state index is -3.11. The fraction of sp³-hybridized carbons (Fsp3) is 0.250. The van der Waals surface area contributed by atoms with E-state index in [1.54, 1.807) is 24.3 Å². The zero-order valence-corrected chi connectivity index (χ0v) is 9.45. The van der Waals surface area contributed by atoms with Gasteiger partial charge < -0.3 is 15.5 Å². The van der Waals surface area contributed by atoms with Crippen molar-refractivity contribution in [2.75, 3.05) is 13.1 Å². The number of fused-ring (bicyclic) bond motifs is 1. The molecule has 4 nitrogen and oxygen atoms in total. The highest BCUT2D eigenvalue weighted by Gasteiger charge is 2.27. The second-order valence-electron chi connectivity index (χ2n) is 3.89. The van der Waals surface area contributed by atoms with Gasteiger partial charge in [0.2, 0.25) is 0 Å². The van der Waals surface area contributed by atoms with Crippen molar-refractivity contribution in [3.63, 3.8) is 0 Å².